The first-order chi connectivity index (χ1) is 11.9. The van der Waals surface area contributed by atoms with Crippen molar-refractivity contribution in [2.24, 2.45) is 5.92 Å². The molecule has 6 nitrogen and oxygen atoms in total. The largest absolute Gasteiger partial charge is 0.481 e. The number of hydrogen-bond donors (Lipinski definition) is 1. The molecule has 1 aliphatic heterocycles. The van der Waals surface area contributed by atoms with Crippen LogP contribution in [0.15, 0.2) is 23.1 Å². The van der Waals surface area contributed by atoms with Crippen molar-refractivity contribution < 1.29 is 23.1 Å². The highest BCUT2D eigenvalue weighted by Gasteiger charge is 2.28. The number of carboxylic acids is 1. The molecule has 0 radical (unpaired) electrons. The fourth-order valence-corrected chi connectivity index (χ4v) is 4.89. The summed E-state index contributed by atoms with van der Waals surface area (Å²) in [5.41, 5.74) is 2.32. The van der Waals surface area contributed by atoms with Crippen LogP contribution >= 0.6 is 0 Å². The molecule has 1 aromatic rings. The molecule has 1 aromatic carbocycles. The summed E-state index contributed by atoms with van der Waals surface area (Å²) in [6.07, 6.45) is 3.77. The molecule has 0 saturated carbocycles. The Morgan fingerprint density at radius 3 is 2.48 bits per heavy atom. The summed E-state index contributed by atoms with van der Waals surface area (Å²) >= 11 is 0. The number of aryl methyl sites for hydroxylation is 2. The maximum atomic E-state index is 12.5. The molecule has 0 aromatic heterocycles. The first-order valence-electron chi connectivity index (χ1n) is 8.72. The normalized spacial score (nSPS) is 18.2. The average Bonchev–Trinajstić information content (AvgIpc) is 3.07. The second-order valence-electron chi connectivity index (χ2n) is 6.85. The molecular formula is C18H23NO5S. The monoisotopic (exact) mass is 365 g/mol. The maximum Gasteiger partial charge on any atom is 0.306 e. The average molecular weight is 365 g/mol. The number of aliphatic carboxylic acids is 1. The van der Waals surface area contributed by atoms with Gasteiger partial charge in [0.15, 0.2) is 9.84 Å². The molecule has 1 amide bonds. The van der Waals surface area contributed by atoms with E-state index in [4.69, 9.17) is 5.11 Å². The van der Waals surface area contributed by atoms with Crippen LogP contribution in [0.2, 0.25) is 0 Å². The highest BCUT2D eigenvalue weighted by molar-refractivity contribution is 7.91. The van der Waals surface area contributed by atoms with Crippen molar-refractivity contribution in [1.29, 1.82) is 0 Å². The van der Waals surface area contributed by atoms with E-state index in [0.717, 1.165) is 24.8 Å². The maximum absolute atomic E-state index is 12.5. The van der Waals surface area contributed by atoms with E-state index in [1.807, 2.05) is 6.07 Å². The predicted molar refractivity (Wildman–Crippen MR) is 92.1 cm³/mol. The number of carboxylic acid groups (broad SMARTS) is 1. The highest BCUT2D eigenvalue weighted by atomic mass is 32.2. The number of piperidine rings is 1. The van der Waals surface area contributed by atoms with Crippen LogP contribution in [0.25, 0.3) is 0 Å². The number of carbonyl (C=O) groups is 2. The van der Waals surface area contributed by atoms with Gasteiger partial charge in [0.2, 0.25) is 5.91 Å². The van der Waals surface area contributed by atoms with Gasteiger partial charge in [-0.15, -0.1) is 0 Å². The number of amides is 1. The number of carbonyl (C=O) groups excluding carboxylic acids is 1. The van der Waals surface area contributed by atoms with Gasteiger partial charge in [-0.3, -0.25) is 9.59 Å². The molecule has 1 heterocycles. The highest BCUT2D eigenvalue weighted by Crippen LogP contribution is 2.25. The van der Waals surface area contributed by atoms with E-state index in [9.17, 15) is 18.0 Å². The van der Waals surface area contributed by atoms with Crippen LogP contribution in [0.5, 0.6) is 0 Å². The summed E-state index contributed by atoms with van der Waals surface area (Å²) < 4.78 is 25.0. The Kier molecular flexibility index (Phi) is 5.13. The van der Waals surface area contributed by atoms with Gasteiger partial charge in [-0.2, -0.15) is 0 Å². The molecule has 2 aliphatic rings. The lowest BCUT2D eigenvalue weighted by Crippen LogP contribution is -2.40. The van der Waals surface area contributed by atoms with Crippen LogP contribution in [0.3, 0.4) is 0 Å². The summed E-state index contributed by atoms with van der Waals surface area (Å²) in [7, 11) is -3.48. The van der Waals surface area contributed by atoms with E-state index >= 15 is 0 Å². The molecule has 1 N–H and O–H groups in total. The molecule has 1 saturated heterocycles. The number of sulfone groups is 1. The van der Waals surface area contributed by atoms with Crippen molar-refractivity contribution in [3.05, 3.63) is 29.3 Å². The Hall–Kier alpha value is -1.89. The van der Waals surface area contributed by atoms with Crippen LogP contribution in [0, 0.1) is 5.92 Å². The van der Waals surface area contributed by atoms with E-state index in [-0.39, 0.29) is 18.1 Å². The van der Waals surface area contributed by atoms with Crippen molar-refractivity contribution in [1.82, 2.24) is 4.90 Å². The van der Waals surface area contributed by atoms with Gasteiger partial charge in [-0.25, -0.2) is 8.42 Å². The molecule has 1 aliphatic carbocycles. The number of nitrogens with zero attached hydrogens (tertiary/aromatic N) is 1. The quantitative estimate of drug-likeness (QED) is 0.857. The van der Waals surface area contributed by atoms with Gasteiger partial charge in [0.05, 0.1) is 16.6 Å². The zero-order chi connectivity index (χ0) is 18.0. The van der Waals surface area contributed by atoms with Gasteiger partial charge in [0.1, 0.15) is 0 Å². The third kappa shape index (κ3) is 4.03. The molecule has 0 unspecified atom stereocenters. The van der Waals surface area contributed by atoms with Gasteiger partial charge >= 0.3 is 5.97 Å². The SMILES string of the molecule is O=C(O)C1CCN(C(=O)CCS(=O)(=O)c2ccc3c(c2)CCC3)CC1. The predicted octanol–water partition coefficient (Wildman–Crippen LogP) is 1.66. The molecule has 25 heavy (non-hydrogen) atoms. The van der Waals surface area contributed by atoms with Crippen molar-refractivity contribution in [2.45, 2.75) is 43.4 Å². The zero-order valence-corrected chi connectivity index (χ0v) is 14.9. The summed E-state index contributed by atoms with van der Waals surface area (Å²) in [5, 5.41) is 8.98. The van der Waals surface area contributed by atoms with E-state index in [1.54, 1.807) is 17.0 Å². The first kappa shape index (κ1) is 17.9. The molecule has 1 fully saturated rings. The second-order valence-corrected chi connectivity index (χ2v) is 8.96. The molecule has 0 spiro atoms. The number of benzene rings is 1. The van der Waals surface area contributed by atoms with Crippen LogP contribution < -0.4 is 0 Å². The molecule has 7 heteroatoms. The van der Waals surface area contributed by atoms with Crippen molar-refractivity contribution in [3.8, 4) is 0 Å². The van der Waals surface area contributed by atoms with Gasteiger partial charge in [0.25, 0.3) is 0 Å². The minimum Gasteiger partial charge on any atom is -0.481 e. The fourth-order valence-electron chi connectivity index (χ4n) is 3.62. The van der Waals surface area contributed by atoms with Crippen LogP contribution in [-0.2, 0) is 32.3 Å². The second kappa shape index (κ2) is 7.15. The summed E-state index contributed by atoms with van der Waals surface area (Å²) in [6.45, 7) is 0.767. The van der Waals surface area contributed by atoms with E-state index in [0.29, 0.717) is 30.8 Å². The summed E-state index contributed by atoms with van der Waals surface area (Å²) in [5.74, 6) is -1.65. The topological polar surface area (TPSA) is 91.8 Å². The Morgan fingerprint density at radius 2 is 1.80 bits per heavy atom. The molecule has 3 rings (SSSR count). The number of fused-ring (bicyclic) bond motifs is 1. The lowest BCUT2D eigenvalue weighted by atomic mass is 9.97. The van der Waals surface area contributed by atoms with Gasteiger partial charge < -0.3 is 10.0 Å². The van der Waals surface area contributed by atoms with Crippen LogP contribution in [0.1, 0.15) is 36.8 Å². The Labute approximate surface area is 147 Å². The van der Waals surface area contributed by atoms with Gasteiger partial charge in [-0.05, 0) is 55.4 Å². The zero-order valence-electron chi connectivity index (χ0n) is 14.1. The lowest BCUT2D eigenvalue weighted by molar-refractivity contribution is -0.145. The smallest absolute Gasteiger partial charge is 0.306 e. The van der Waals surface area contributed by atoms with Crippen molar-refractivity contribution >= 4 is 21.7 Å². The minimum atomic E-state index is -3.48. The lowest BCUT2D eigenvalue weighted by Gasteiger charge is -2.30. The van der Waals surface area contributed by atoms with E-state index in [2.05, 4.69) is 0 Å². The van der Waals surface area contributed by atoms with Gasteiger partial charge in [0, 0.05) is 19.5 Å². The third-order valence-corrected chi connectivity index (χ3v) is 6.92. The number of rotatable bonds is 5. The fraction of sp³-hybridized carbons (Fsp3) is 0.556. The standard InChI is InChI=1S/C18H23NO5S/c20-17(19-9-6-14(7-10-19)18(21)22)8-11-25(23,24)16-5-4-13-2-1-3-15(13)12-16/h4-5,12,14H,1-3,6-11H2,(H,21,22). The minimum absolute atomic E-state index is 0.0584. The molecule has 136 valence electrons. The Morgan fingerprint density at radius 1 is 1.12 bits per heavy atom. The summed E-state index contributed by atoms with van der Waals surface area (Å²) in [6, 6.07) is 5.27. The van der Waals surface area contributed by atoms with Crippen LogP contribution in [-0.4, -0.2) is 49.1 Å². The third-order valence-electron chi connectivity index (χ3n) is 5.21. The Balaban J connectivity index is 1.57. The van der Waals surface area contributed by atoms with Gasteiger partial charge in [-0.1, -0.05) is 6.07 Å². The number of likely N-dealkylation sites (tertiary alicyclic amines) is 1. The number of hydrogen-bond acceptors (Lipinski definition) is 4. The Bertz CT molecular complexity index is 779. The molecule has 0 bridgehead atoms. The first-order valence-corrected chi connectivity index (χ1v) is 10.4. The van der Waals surface area contributed by atoms with Crippen molar-refractivity contribution in [3.63, 3.8) is 0 Å². The van der Waals surface area contributed by atoms with Crippen molar-refractivity contribution in [2.75, 3.05) is 18.8 Å². The van der Waals surface area contributed by atoms with E-state index in [1.165, 1.54) is 5.56 Å². The summed E-state index contributed by atoms with van der Waals surface area (Å²) in [4.78, 5) is 25.1. The van der Waals surface area contributed by atoms with Crippen LogP contribution in [0.4, 0.5) is 0 Å². The molecule has 0 atom stereocenters. The van der Waals surface area contributed by atoms with E-state index < -0.39 is 21.7 Å². The molecular weight excluding hydrogens is 342 g/mol.